The number of hydrogen-bond donors (Lipinski definition) is 0. The summed E-state index contributed by atoms with van der Waals surface area (Å²) in [6, 6.07) is 0. The minimum absolute atomic E-state index is 0.239. The van der Waals surface area contributed by atoms with Crippen molar-refractivity contribution in [1.82, 2.24) is 0 Å². The summed E-state index contributed by atoms with van der Waals surface area (Å²) in [4.78, 5) is 2.81. The summed E-state index contributed by atoms with van der Waals surface area (Å²) in [5, 5.41) is 0. The fraction of sp³-hybridized carbons (Fsp3) is 0.615. The molecule has 0 atom stereocenters. The number of rotatable bonds is 0. The molecule has 1 aliphatic heterocycles. The van der Waals surface area contributed by atoms with Crippen LogP contribution in [-0.4, -0.2) is 0 Å². The maximum atomic E-state index is 3.25. The van der Waals surface area contributed by atoms with Crippen LogP contribution in [-0.2, 0) is 0 Å². The van der Waals surface area contributed by atoms with E-state index in [0.29, 0.717) is 0 Å². The molecule has 1 aliphatic rings. The van der Waals surface area contributed by atoms with Gasteiger partial charge in [-0.15, -0.1) is 0 Å². The molecule has 0 saturated heterocycles. The first kappa shape index (κ1) is 11.9. The molecule has 0 spiro atoms. The van der Waals surface area contributed by atoms with E-state index in [2.05, 4.69) is 60.1 Å². The zero-order valence-corrected chi connectivity index (χ0v) is 10.9. The molecule has 0 amide bonds. The topological polar surface area (TPSA) is 0 Å². The molecule has 1 rings (SSSR count). The Hall–Kier alpha value is -0.170. The predicted molar refractivity (Wildman–Crippen MR) is 65.9 cm³/mol. The molecule has 78 valence electrons. The molecular formula is C13H20S. The van der Waals surface area contributed by atoms with Crippen LogP contribution in [0.3, 0.4) is 0 Å². The zero-order chi connectivity index (χ0) is 11.0. The van der Waals surface area contributed by atoms with Crippen molar-refractivity contribution in [2.24, 2.45) is 10.8 Å². The Balaban J connectivity index is 2.79. The molecule has 14 heavy (non-hydrogen) atoms. The molecule has 0 N–H and O–H groups in total. The molecule has 0 unspecified atom stereocenters. The van der Waals surface area contributed by atoms with Gasteiger partial charge in [0.2, 0.25) is 0 Å². The summed E-state index contributed by atoms with van der Waals surface area (Å²) < 4.78 is 0. The largest absolute Gasteiger partial charge is 0.0985 e. The van der Waals surface area contributed by atoms with Crippen molar-refractivity contribution in [1.29, 1.82) is 0 Å². The summed E-state index contributed by atoms with van der Waals surface area (Å²) >= 11 is 1.91. The van der Waals surface area contributed by atoms with Crippen LogP contribution in [0.1, 0.15) is 41.5 Å². The Kier molecular flexibility index (Phi) is 3.20. The average molecular weight is 208 g/mol. The lowest BCUT2D eigenvalue weighted by Gasteiger charge is -2.31. The fourth-order valence-corrected chi connectivity index (χ4v) is 2.21. The van der Waals surface area contributed by atoms with E-state index in [-0.39, 0.29) is 10.8 Å². The maximum Gasteiger partial charge on any atom is 0.0360 e. The Morgan fingerprint density at radius 3 is 1.50 bits per heavy atom. The highest BCUT2D eigenvalue weighted by atomic mass is 32.2. The number of allylic oxidation sites excluding steroid dienone is 4. The summed E-state index contributed by atoms with van der Waals surface area (Å²) in [5.74, 6) is 0. The van der Waals surface area contributed by atoms with Gasteiger partial charge >= 0.3 is 0 Å². The van der Waals surface area contributed by atoms with Crippen molar-refractivity contribution in [3.8, 4) is 0 Å². The Morgan fingerprint density at radius 1 is 0.857 bits per heavy atom. The number of hydrogen-bond acceptors (Lipinski definition) is 1. The SMILES string of the molecule is CC(C)(C)C1=C[C]C=C(C(C)(C)C)S1. The lowest BCUT2D eigenvalue weighted by molar-refractivity contribution is 0.521. The zero-order valence-electron chi connectivity index (χ0n) is 10.1. The van der Waals surface area contributed by atoms with Gasteiger partial charge in [0.1, 0.15) is 0 Å². The lowest BCUT2D eigenvalue weighted by atomic mass is 9.93. The van der Waals surface area contributed by atoms with Crippen molar-refractivity contribution >= 4 is 11.8 Å². The van der Waals surface area contributed by atoms with Crippen LogP contribution in [0.4, 0.5) is 0 Å². The molecule has 0 fully saturated rings. The quantitative estimate of drug-likeness (QED) is 0.557. The highest BCUT2D eigenvalue weighted by Crippen LogP contribution is 2.47. The average Bonchev–Trinajstić information content (AvgIpc) is 2.01. The normalized spacial score (nSPS) is 19.0. The highest BCUT2D eigenvalue weighted by molar-refractivity contribution is 8.06. The van der Waals surface area contributed by atoms with Crippen LogP contribution in [0.15, 0.2) is 22.0 Å². The molecule has 0 aromatic rings. The summed E-state index contributed by atoms with van der Waals surface area (Å²) in [7, 11) is 0. The number of thioether (sulfide) groups is 1. The van der Waals surface area contributed by atoms with Gasteiger partial charge in [0.05, 0.1) is 0 Å². The summed E-state index contributed by atoms with van der Waals surface area (Å²) in [6.07, 6.45) is 7.48. The van der Waals surface area contributed by atoms with Crippen LogP contribution >= 0.6 is 11.8 Å². The first-order valence-corrected chi connectivity index (χ1v) is 5.88. The molecule has 0 nitrogen and oxygen atoms in total. The third kappa shape index (κ3) is 2.91. The second-order valence-electron chi connectivity index (χ2n) is 5.79. The first-order chi connectivity index (χ1) is 6.21. The van der Waals surface area contributed by atoms with Crippen LogP contribution in [0.25, 0.3) is 0 Å². The van der Waals surface area contributed by atoms with Crippen LogP contribution in [0.5, 0.6) is 0 Å². The van der Waals surface area contributed by atoms with Gasteiger partial charge in [0.15, 0.2) is 0 Å². The second-order valence-corrected chi connectivity index (χ2v) is 6.87. The maximum absolute atomic E-state index is 3.25. The first-order valence-electron chi connectivity index (χ1n) is 5.06. The van der Waals surface area contributed by atoms with Crippen LogP contribution in [0, 0.1) is 17.3 Å². The molecule has 0 aromatic carbocycles. The molecule has 1 heteroatoms. The monoisotopic (exact) mass is 208 g/mol. The van der Waals surface area contributed by atoms with Crippen molar-refractivity contribution in [2.75, 3.05) is 0 Å². The molecule has 0 bridgehead atoms. The van der Waals surface area contributed by atoms with Crippen LogP contribution < -0.4 is 0 Å². The second kappa shape index (κ2) is 3.77. The fourth-order valence-electron chi connectivity index (χ4n) is 1.11. The third-order valence-electron chi connectivity index (χ3n) is 2.13. The van der Waals surface area contributed by atoms with E-state index >= 15 is 0 Å². The summed E-state index contributed by atoms with van der Waals surface area (Å²) in [6.45, 7) is 13.5. The van der Waals surface area contributed by atoms with Crippen molar-refractivity contribution < 1.29 is 0 Å². The Bertz CT molecular complexity index is 241. The van der Waals surface area contributed by atoms with E-state index in [1.54, 1.807) is 0 Å². The van der Waals surface area contributed by atoms with Crippen molar-refractivity contribution in [3.63, 3.8) is 0 Å². The molecule has 0 aromatic heterocycles. The van der Waals surface area contributed by atoms with E-state index < -0.39 is 0 Å². The Morgan fingerprint density at radius 2 is 1.21 bits per heavy atom. The smallest absolute Gasteiger partial charge is 0.0360 e. The predicted octanol–water partition coefficient (Wildman–Crippen LogP) is 4.67. The van der Waals surface area contributed by atoms with Crippen molar-refractivity contribution in [3.05, 3.63) is 28.4 Å². The van der Waals surface area contributed by atoms with E-state index in [4.69, 9.17) is 0 Å². The van der Waals surface area contributed by atoms with Crippen molar-refractivity contribution in [2.45, 2.75) is 41.5 Å². The van der Waals surface area contributed by atoms with Gasteiger partial charge in [-0.3, -0.25) is 0 Å². The molecule has 1 heterocycles. The van der Waals surface area contributed by atoms with E-state index in [1.165, 1.54) is 9.81 Å². The molecular weight excluding hydrogens is 188 g/mol. The minimum Gasteiger partial charge on any atom is -0.0985 e. The molecule has 0 saturated carbocycles. The minimum atomic E-state index is 0.239. The van der Waals surface area contributed by atoms with Gasteiger partial charge in [-0.25, -0.2) is 0 Å². The Labute approximate surface area is 92.9 Å². The van der Waals surface area contributed by atoms with Gasteiger partial charge in [0.25, 0.3) is 0 Å². The van der Waals surface area contributed by atoms with E-state index in [9.17, 15) is 0 Å². The highest BCUT2D eigenvalue weighted by Gasteiger charge is 2.26. The van der Waals surface area contributed by atoms with Gasteiger partial charge in [-0.2, -0.15) is 0 Å². The third-order valence-corrected chi connectivity index (χ3v) is 4.03. The van der Waals surface area contributed by atoms with Gasteiger partial charge in [-0.05, 0) is 20.6 Å². The lowest BCUT2D eigenvalue weighted by Crippen LogP contribution is -2.14. The molecule has 2 radical (unpaired) electrons. The van der Waals surface area contributed by atoms with Gasteiger partial charge in [0, 0.05) is 6.42 Å². The van der Waals surface area contributed by atoms with Gasteiger partial charge in [-0.1, -0.05) is 65.5 Å². The van der Waals surface area contributed by atoms with Gasteiger partial charge < -0.3 is 0 Å². The summed E-state index contributed by atoms with van der Waals surface area (Å²) in [5.41, 5.74) is 0.477. The van der Waals surface area contributed by atoms with E-state index in [1.807, 2.05) is 11.8 Å². The molecule has 0 aliphatic carbocycles. The van der Waals surface area contributed by atoms with E-state index in [0.717, 1.165) is 0 Å². The van der Waals surface area contributed by atoms with Crippen LogP contribution in [0.2, 0.25) is 0 Å². The standard InChI is InChI=1S/C13H20S/c1-12(2,3)10-8-7-9-11(14-10)13(4,5)6/h8-9H,1-6H3.